The number of aryl methyl sites for hydroxylation is 1. The fourth-order valence-corrected chi connectivity index (χ4v) is 2.51. The van der Waals surface area contributed by atoms with E-state index in [-0.39, 0.29) is 6.10 Å². The molecule has 5 nitrogen and oxygen atoms in total. The summed E-state index contributed by atoms with van der Waals surface area (Å²) in [7, 11) is 0. The van der Waals surface area contributed by atoms with Crippen molar-refractivity contribution in [3.8, 4) is 0 Å². The van der Waals surface area contributed by atoms with Gasteiger partial charge in [0.05, 0.1) is 6.61 Å². The van der Waals surface area contributed by atoms with E-state index in [1.54, 1.807) is 6.92 Å². The second kappa shape index (κ2) is 5.91. The van der Waals surface area contributed by atoms with E-state index < -0.39 is 0 Å². The van der Waals surface area contributed by atoms with Crippen molar-refractivity contribution in [2.24, 2.45) is 0 Å². The highest BCUT2D eigenvalue weighted by Crippen LogP contribution is 2.23. The molecular formula is C14H16ClN3O2. The third kappa shape index (κ3) is 3.00. The van der Waals surface area contributed by atoms with Crippen LogP contribution in [0.2, 0.25) is 5.02 Å². The molecule has 1 saturated heterocycles. The summed E-state index contributed by atoms with van der Waals surface area (Å²) in [5, 5.41) is 4.73. The molecule has 106 valence electrons. The van der Waals surface area contributed by atoms with Gasteiger partial charge in [-0.3, -0.25) is 4.90 Å². The van der Waals surface area contributed by atoms with E-state index in [2.05, 4.69) is 15.0 Å². The molecule has 0 spiro atoms. The van der Waals surface area contributed by atoms with E-state index in [1.807, 2.05) is 24.3 Å². The minimum atomic E-state index is -0.135. The van der Waals surface area contributed by atoms with Crippen molar-refractivity contribution in [2.75, 3.05) is 19.7 Å². The third-order valence-corrected chi connectivity index (χ3v) is 3.70. The number of halogens is 1. The average molecular weight is 294 g/mol. The van der Waals surface area contributed by atoms with Gasteiger partial charge in [0.25, 0.3) is 0 Å². The van der Waals surface area contributed by atoms with Crippen LogP contribution in [0.1, 0.15) is 23.4 Å². The molecule has 1 aromatic carbocycles. The maximum Gasteiger partial charge on any atom is 0.223 e. The summed E-state index contributed by atoms with van der Waals surface area (Å²) in [6, 6.07) is 7.90. The summed E-state index contributed by atoms with van der Waals surface area (Å²) < 4.78 is 10.7. The molecule has 0 N–H and O–H groups in total. The van der Waals surface area contributed by atoms with Crippen molar-refractivity contribution < 1.29 is 9.26 Å². The quantitative estimate of drug-likeness (QED) is 0.870. The number of hydrogen-bond acceptors (Lipinski definition) is 5. The number of aromatic nitrogens is 2. The van der Waals surface area contributed by atoms with Crippen LogP contribution in [0, 0.1) is 6.92 Å². The minimum Gasteiger partial charge on any atom is -0.367 e. The molecule has 0 bridgehead atoms. The van der Waals surface area contributed by atoms with Gasteiger partial charge in [-0.1, -0.05) is 35.0 Å². The lowest BCUT2D eigenvalue weighted by molar-refractivity contribution is -0.0380. The van der Waals surface area contributed by atoms with Gasteiger partial charge in [-0.25, -0.2) is 0 Å². The molecule has 1 aliphatic heterocycles. The normalized spacial score (nSPS) is 20.2. The van der Waals surface area contributed by atoms with Gasteiger partial charge in [0.1, 0.15) is 6.10 Å². The molecule has 1 aromatic heterocycles. The van der Waals surface area contributed by atoms with Crippen molar-refractivity contribution in [1.29, 1.82) is 0 Å². The second-order valence-electron chi connectivity index (χ2n) is 4.86. The van der Waals surface area contributed by atoms with Crippen molar-refractivity contribution in [3.63, 3.8) is 0 Å². The zero-order valence-corrected chi connectivity index (χ0v) is 12.0. The first kappa shape index (κ1) is 13.5. The van der Waals surface area contributed by atoms with Crippen LogP contribution in [0.5, 0.6) is 0 Å². The van der Waals surface area contributed by atoms with Crippen LogP contribution in [0.25, 0.3) is 0 Å². The van der Waals surface area contributed by atoms with E-state index in [0.29, 0.717) is 18.3 Å². The fourth-order valence-electron chi connectivity index (χ4n) is 2.32. The zero-order valence-electron chi connectivity index (χ0n) is 11.3. The number of nitrogens with zero attached hydrogens (tertiary/aromatic N) is 3. The Morgan fingerprint density at radius 3 is 3.00 bits per heavy atom. The summed E-state index contributed by atoms with van der Waals surface area (Å²) in [5.41, 5.74) is 1.12. The smallest absolute Gasteiger partial charge is 0.223 e. The fraction of sp³-hybridized carbons (Fsp3) is 0.429. The molecule has 6 heteroatoms. The summed E-state index contributed by atoms with van der Waals surface area (Å²) in [5.74, 6) is 1.18. The van der Waals surface area contributed by atoms with Crippen molar-refractivity contribution >= 4 is 11.6 Å². The van der Waals surface area contributed by atoms with Gasteiger partial charge in [0.2, 0.25) is 11.7 Å². The van der Waals surface area contributed by atoms with Crippen LogP contribution in [-0.4, -0.2) is 34.7 Å². The van der Waals surface area contributed by atoms with Crippen LogP contribution in [0.3, 0.4) is 0 Å². The summed E-state index contributed by atoms with van der Waals surface area (Å²) in [6.07, 6.45) is -0.135. The van der Waals surface area contributed by atoms with E-state index in [0.717, 1.165) is 30.2 Å². The molecule has 0 unspecified atom stereocenters. The SMILES string of the molecule is Cc1nc([C@@H]2CN(Cc3ccccc3Cl)CCO2)no1. The van der Waals surface area contributed by atoms with Gasteiger partial charge in [-0.05, 0) is 11.6 Å². The highest BCUT2D eigenvalue weighted by Gasteiger charge is 2.26. The van der Waals surface area contributed by atoms with Crippen molar-refractivity contribution in [2.45, 2.75) is 19.6 Å². The van der Waals surface area contributed by atoms with Gasteiger partial charge in [0.15, 0.2) is 0 Å². The second-order valence-corrected chi connectivity index (χ2v) is 5.26. The van der Waals surface area contributed by atoms with Crippen molar-refractivity contribution in [1.82, 2.24) is 15.0 Å². The molecule has 0 saturated carbocycles. The first-order valence-electron chi connectivity index (χ1n) is 6.60. The molecule has 0 radical (unpaired) electrons. The Hall–Kier alpha value is -1.43. The first-order chi connectivity index (χ1) is 9.72. The lowest BCUT2D eigenvalue weighted by atomic mass is 10.2. The van der Waals surface area contributed by atoms with E-state index in [4.69, 9.17) is 20.9 Å². The van der Waals surface area contributed by atoms with Crippen LogP contribution in [0.15, 0.2) is 28.8 Å². The molecule has 0 aliphatic carbocycles. The predicted octanol–water partition coefficient (Wildman–Crippen LogP) is 2.60. The molecule has 3 rings (SSSR count). The van der Waals surface area contributed by atoms with E-state index in [1.165, 1.54) is 0 Å². The minimum absolute atomic E-state index is 0.135. The van der Waals surface area contributed by atoms with Gasteiger partial charge in [0, 0.05) is 31.6 Å². The molecule has 2 aromatic rings. The van der Waals surface area contributed by atoms with E-state index in [9.17, 15) is 0 Å². The summed E-state index contributed by atoms with van der Waals surface area (Å²) in [4.78, 5) is 6.53. The van der Waals surface area contributed by atoms with Crippen molar-refractivity contribution in [3.05, 3.63) is 46.6 Å². The number of hydrogen-bond donors (Lipinski definition) is 0. The monoisotopic (exact) mass is 293 g/mol. The lowest BCUT2D eigenvalue weighted by Gasteiger charge is -2.31. The molecule has 2 heterocycles. The maximum atomic E-state index is 6.20. The van der Waals surface area contributed by atoms with Gasteiger partial charge in [-0.2, -0.15) is 4.98 Å². The Balaban J connectivity index is 1.68. The highest BCUT2D eigenvalue weighted by atomic mass is 35.5. The van der Waals surface area contributed by atoms with Crippen LogP contribution in [0.4, 0.5) is 0 Å². The highest BCUT2D eigenvalue weighted by molar-refractivity contribution is 6.31. The molecule has 1 atom stereocenters. The average Bonchev–Trinajstić information content (AvgIpc) is 2.89. The Bertz CT molecular complexity index is 587. The summed E-state index contributed by atoms with van der Waals surface area (Å²) >= 11 is 6.20. The zero-order chi connectivity index (χ0) is 13.9. The van der Waals surface area contributed by atoms with E-state index >= 15 is 0 Å². The Morgan fingerprint density at radius 1 is 1.40 bits per heavy atom. The maximum absolute atomic E-state index is 6.20. The van der Waals surface area contributed by atoms with Crippen LogP contribution >= 0.6 is 11.6 Å². The van der Waals surface area contributed by atoms with Gasteiger partial charge >= 0.3 is 0 Å². The summed E-state index contributed by atoms with van der Waals surface area (Å²) in [6.45, 7) is 4.85. The number of ether oxygens (including phenoxy) is 1. The Morgan fingerprint density at radius 2 is 2.25 bits per heavy atom. The lowest BCUT2D eigenvalue weighted by Crippen LogP contribution is -2.38. The first-order valence-corrected chi connectivity index (χ1v) is 6.98. The number of benzene rings is 1. The topological polar surface area (TPSA) is 51.4 Å². The molecular weight excluding hydrogens is 278 g/mol. The molecule has 0 amide bonds. The van der Waals surface area contributed by atoms with Crippen LogP contribution < -0.4 is 0 Å². The molecule has 20 heavy (non-hydrogen) atoms. The standard InChI is InChI=1S/C14H16ClN3O2/c1-10-16-14(17-20-10)13-9-18(6-7-19-13)8-11-4-2-3-5-12(11)15/h2-5,13H,6-9H2,1H3/t13-/m0/s1. The van der Waals surface area contributed by atoms with Crippen LogP contribution in [-0.2, 0) is 11.3 Å². The predicted molar refractivity (Wildman–Crippen MR) is 74.5 cm³/mol. The Labute approximate surface area is 122 Å². The molecule has 1 aliphatic rings. The molecule has 1 fully saturated rings. The number of morpholine rings is 1. The van der Waals surface area contributed by atoms with Gasteiger partial charge < -0.3 is 9.26 Å². The number of rotatable bonds is 3. The van der Waals surface area contributed by atoms with Gasteiger partial charge in [-0.15, -0.1) is 0 Å². The third-order valence-electron chi connectivity index (χ3n) is 3.33. The largest absolute Gasteiger partial charge is 0.367 e. The Kier molecular flexibility index (Phi) is 4.00.